The molecule has 7 aromatic carbocycles. The number of hydrazone groups is 1. The monoisotopic (exact) mass is 678 g/mol. The summed E-state index contributed by atoms with van der Waals surface area (Å²) in [4.78, 5) is 4.24. The summed E-state index contributed by atoms with van der Waals surface area (Å²) in [6.45, 7) is 0. The van der Waals surface area contributed by atoms with Crippen LogP contribution in [0.3, 0.4) is 0 Å². The van der Waals surface area contributed by atoms with Crippen molar-refractivity contribution in [3.63, 3.8) is 0 Å². The molecule has 8 aromatic rings. The zero-order chi connectivity index (χ0) is 35.6. The van der Waals surface area contributed by atoms with Crippen molar-refractivity contribution in [3.8, 4) is 33.4 Å². The highest BCUT2D eigenvalue weighted by molar-refractivity contribution is 6.62. The zero-order valence-electron chi connectivity index (χ0n) is 28.9. The molecular formula is C49H34N4. The van der Waals surface area contributed by atoms with Crippen molar-refractivity contribution < 1.29 is 0 Å². The van der Waals surface area contributed by atoms with Crippen molar-refractivity contribution in [1.29, 1.82) is 5.41 Å². The Balaban J connectivity index is 1.04. The molecule has 1 aromatic heterocycles. The van der Waals surface area contributed by atoms with Gasteiger partial charge in [-0.15, -0.1) is 0 Å². The van der Waals surface area contributed by atoms with Crippen molar-refractivity contribution in [2.24, 2.45) is 5.10 Å². The second-order valence-corrected chi connectivity index (χ2v) is 13.2. The topological polar surface area (TPSA) is 61.1 Å². The summed E-state index contributed by atoms with van der Waals surface area (Å²) in [6.07, 6.45) is 7.74. The smallest absolute Gasteiger partial charge is 0.109 e. The van der Waals surface area contributed by atoms with Crippen molar-refractivity contribution in [2.45, 2.75) is 0 Å². The Hall–Kier alpha value is -7.17. The van der Waals surface area contributed by atoms with Gasteiger partial charge in [0, 0.05) is 18.0 Å². The van der Waals surface area contributed by atoms with Gasteiger partial charge in [0.25, 0.3) is 0 Å². The van der Waals surface area contributed by atoms with Gasteiger partial charge in [-0.05, 0) is 114 Å². The zero-order valence-corrected chi connectivity index (χ0v) is 28.9. The molecular weight excluding hydrogens is 645 g/mol. The first kappa shape index (κ1) is 31.8. The van der Waals surface area contributed by atoms with Gasteiger partial charge in [-0.2, -0.15) is 5.10 Å². The minimum absolute atomic E-state index is 0.361. The van der Waals surface area contributed by atoms with E-state index >= 15 is 0 Å². The van der Waals surface area contributed by atoms with Crippen LogP contribution in [-0.4, -0.2) is 16.4 Å². The second kappa shape index (κ2) is 13.9. The maximum absolute atomic E-state index is 9.34. The number of nitrogens with one attached hydrogen (secondary N) is 2. The maximum Gasteiger partial charge on any atom is 0.109 e. The van der Waals surface area contributed by atoms with Gasteiger partial charge in [-0.25, -0.2) is 0 Å². The lowest BCUT2D eigenvalue weighted by Crippen LogP contribution is -2.18. The van der Waals surface area contributed by atoms with E-state index in [-0.39, 0.29) is 0 Å². The summed E-state index contributed by atoms with van der Waals surface area (Å²) in [5, 5.41) is 19.0. The predicted octanol–water partition coefficient (Wildman–Crippen LogP) is 12.4. The van der Waals surface area contributed by atoms with E-state index in [0.717, 1.165) is 55.8 Å². The number of hydrogen-bond donors (Lipinski definition) is 2. The number of rotatable bonds is 7. The summed E-state index contributed by atoms with van der Waals surface area (Å²) in [7, 11) is 0. The van der Waals surface area contributed by atoms with Crippen LogP contribution in [0.25, 0.3) is 66.1 Å². The van der Waals surface area contributed by atoms with Gasteiger partial charge in [-0.3, -0.25) is 15.8 Å². The average Bonchev–Trinajstić information content (AvgIpc) is 3.23. The van der Waals surface area contributed by atoms with Gasteiger partial charge in [0.05, 0.1) is 11.4 Å². The Bertz CT molecular complexity index is 2720. The molecule has 0 aliphatic heterocycles. The standard InChI is InChI=1S/C49H34N4/c50-49-47(39-19-15-36(16-20-39)43-22-18-34-7-2-4-9-41(34)29-43)30-45(31-48(49)53-52-46-25-23-37(24-26-46)44-10-5-27-51-32-44)38-13-11-35(12-14-38)42-21-17-33-6-1-3-8-40(33)28-42/h1-32,50,52H/b50-49?,53-48-. The SMILES string of the molecule is N=C1C(c2ccc(-c3ccc4ccccc4c3)cc2)=CC(c2ccc(-c3ccc4ccccc4c3)cc2)=C/C1=N/Nc1ccc(-c2cccnc2)cc1. The van der Waals surface area contributed by atoms with Crippen LogP contribution < -0.4 is 5.43 Å². The van der Waals surface area contributed by atoms with Crippen molar-refractivity contribution in [2.75, 3.05) is 5.43 Å². The highest BCUT2D eigenvalue weighted by Gasteiger charge is 2.20. The average molecular weight is 679 g/mol. The lowest BCUT2D eigenvalue weighted by atomic mass is 9.87. The van der Waals surface area contributed by atoms with Gasteiger partial charge >= 0.3 is 0 Å². The van der Waals surface area contributed by atoms with Crippen LogP contribution in [0.4, 0.5) is 5.69 Å². The molecule has 0 amide bonds. The van der Waals surface area contributed by atoms with Crippen LogP contribution in [-0.2, 0) is 0 Å². The third kappa shape index (κ3) is 6.58. The molecule has 0 unspecified atom stereocenters. The van der Waals surface area contributed by atoms with E-state index in [1.165, 1.54) is 27.1 Å². The fraction of sp³-hybridized carbons (Fsp3) is 0. The Kier molecular flexibility index (Phi) is 8.31. The molecule has 53 heavy (non-hydrogen) atoms. The molecule has 4 heteroatoms. The van der Waals surface area contributed by atoms with Gasteiger partial charge in [0.15, 0.2) is 0 Å². The van der Waals surface area contributed by atoms with E-state index in [1.54, 1.807) is 6.20 Å². The predicted molar refractivity (Wildman–Crippen MR) is 223 cm³/mol. The molecule has 4 nitrogen and oxygen atoms in total. The summed E-state index contributed by atoms with van der Waals surface area (Å²) in [6, 6.07) is 59.3. The van der Waals surface area contributed by atoms with Gasteiger partial charge in [0.1, 0.15) is 5.71 Å². The van der Waals surface area contributed by atoms with E-state index in [9.17, 15) is 5.41 Å². The number of pyridine rings is 1. The minimum atomic E-state index is 0.361. The van der Waals surface area contributed by atoms with Crippen LogP contribution in [0.5, 0.6) is 0 Å². The van der Waals surface area contributed by atoms with Crippen molar-refractivity contribution in [1.82, 2.24) is 4.98 Å². The fourth-order valence-corrected chi connectivity index (χ4v) is 6.94. The third-order valence-electron chi connectivity index (χ3n) is 9.88. The van der Waals surface area contributed by atoms with E-state index in [1.807, 2.05) is 48.7 Å². The number of nitrogens with zero attached hydrogens (tertiary/aromatic N) is 2. The van der Waals surface area contributed by atoms with E-state index in [2.05, 4.69) is 150 Å². The molecule has 0 spiro atoms. The molecule has 1 aliphatic carbocycles. The first-order valence-corrected chi connectivity index (χ1v) is 17.7. The molecule has 2 N–H and O–H groups in total. The molecule has 0 bridgehead atoms. The molecule has 1 aliphatic rings. The van der Waals surface area contributed by atoms with Gasteiger partial charge < -0.3 is 0 Å². The van der Waals surface area contributed by atoms with E-state index < -0.39 is 0 Å². The van der Waals surface area contributed by atoms with Crippen LogP contribution in [0.15, 0.2) is 200 Å². The number of allylic oxidation sites excluding steroid dienone is 4. The lowest BCUT2D eigenvalue weighted by Gasteiger charge is -2.18. The van der Waals surface area contributed by atoms with Gasteiger partial charge in [0.2, 0.25) is 0 Å². The molecule has 0 fully saturated rings. The van der Waals surface area contributed by atoms with E-state index in [4.69, 9.17) is 5.10 Å². The molecule has 0 atom stereocenters. The van der Waals surface area contributed by atoms with Crippen LogP contribution in [0.2, 0.25) is 0 Å². The first-order valence-electron chi connectivity index (χ1n) is 17.7. The van der Waals surface area contributed by atoms with Crippen molar-refractivity contribution >= 4 is 49.8 Å². The quantitative estimate of drug-likeness (QED) is 0.130. The highest BCUT2D eigenvalue weighted by atomic mass is 15.3. The number of anilines is 1. The molecule has 9 rings (SSSR count). The van der Waals surface area contributed by atoms with E-state index in [0.29, 0.717) is 11.4 Å². The number of fused-ring (bicyclic) bond motifs is 2. The highest BCUT2D eigenvalue weighted by Crippen LogP contribution is 2.33. The minimum Gasteiger partial charge on any atom is -0.298 e. The number of hydrogen-bond acceptors (Lipinski definition) is 4. The lowest BCUT2D eigenvalue weighted by molar-refractivity contribution is 1.32. The Morgan fingerprint density at radius 1 is 0.434 bits per heavy atom. The molecule has 1 heterocycles. The molecule has 0 saturated carbocycles. The Morgan fingerprint density at radius 2 is 0.943 bits per heavy atom. The normalized spacial score (nSPS) is 13.6. The summed E-state index contributed by atoms with van der Waals surface area (Å²) < 4.78 is 0. The largest absolute Gasteiger partial charge is 0.298 e. The van der Waals surface area contributed by atoms with Crippen LogP contribution in [0, 0.1) is 5.41 Å². The fourth-order valence-electron chi connectivity index (χ4n) is 6.94. The van der Waals surface area contributed by atoms with Crippen molar-refractivity contribution in [3.05, 3.63) is 206 Å². The molecule has 250 valence electrons. The molecule has 0 radical (unpaired) electrons. The second-order valence-electron chi connectivity index (χ2n) is 13.2. The number of benzene rings is 7. The first-order chi connectivity index (χ1) is 26.1. The summed E-state index contributed by atoms with van der Waals surface area (Å²) >= 11 is 0. The Labute approximate surface area is 308 Å². The summed E-state index contributed by atoms with van der Waals surface area (Å²) in [5.74, 6) is 0. The maximum atomic E-state index is 9.34. The van der Waals surface area contributed by atoms with Crippen LogP contribution >= 0.6 is 0 Å². The Morgan fingerprint density at radius 3 is 1.53 bits per heavy atom. The number of aromatic nitrogens is 1. The van der Waals surface area contributed by atoms with Crippen LogP contribution in [0.1, 0.15) is 11.1 Å². The van der Waals surface area contributed by atoms with Gasteiger partial charge in [-0.1, -0.05) is 140 Å². The summed E-state index contributed by atoms with van der Waals surface area (Å²) in [5.41, 5.74) is 15.6. The molecule has 0 saturated heterocycles. The third-order valence-corrected chi connectivity index (χ3v) is 9.88.